The number of rotatable bonds is 8. The third-order valence-corrected chi connectivity index (χ3v) is 7.20. The molecule has 4 fully saturated rings. The molecule has 4 saturated carbocycles. The topological polar surface area (TPSA) is 106 Å². The molecule has 0 aromatic heterocycles. The van der Waals surface area contributed by atoms with Gasteiger partial charge in [0, 0.05) is 23.9 Å². The Bertz CT molecular complexity index is 849. The van der Waals surface area contributed by atoms with Gasteiger partial charge < -0.3 is 14.8 Å². The second-order valence-corrected chi connectivity index (χ2v) is 9.50. The van der Waals surface area contributed by atoms with E-state index in [0.717, 1.165) is 19.3 Å². The molecule has 3 N–H and O–H groups in total. The summed E-state index contributed by atoms with van der Waals surface area (Å²) in [7, 11) is 1.50. The summed E-state index contributed by atoms with van der Waals surface area (Å²) in [4.78, 5) is 37.4. The fourth-order valence-corrected chi connectivity index (χ4v) is 6.21. The second-order valence-electron chi connectivity index (χ2n) is 9.50. The predicted molar refractivity (Wildman–Crippen MR) is 118 cm³/mol. The number of carbonyl (C=O) groups excluding carboxylic acids is 3. The van der Waals surface area contributed by atoms with Crippen LogP contribution in [0.3, 0.4) is 0 Å². The van der Waals surface area contributed by atoms with Crippen LogP contribution in [0.25, 0.3) is 0 Å². The minimum absolute atomic E-state index is 0.102. The van der Waals surface area contributed by atoms with Crippen molar-refractivity contribution in [2.45, 2.75) is 51.9 Å². The number of carbonyl (C=O) groups is 3. The van der Waals surface area contributed by atoms with E-state index >= 15 is 0 Å². The third kappa shape index (κ3) is 4.69. The van der Waals surface area contributed by atoms with Gasteiger partial charge in [-0.05, 0) is 81.4 Å². The Morgan fingerprint density at radius 3 is 2.25 bits per heavy atom. The molecular weight excluding hydrogens is 410 g/mol. The average molecular weight is 444 g/mol. The lowest BCUT2D eigenvalue weighted by atomic mass is 9.49. The van der Waals surface area contributed by atoms with E-state index in [4.69, 9.17) is 9.47 Å². The molecule has 0 unspecified atom stereocenters. The van der Waals surface area contributed by atoms with Crippen LogP contribution in [0.1, 0.15) is 62.2 Å². The minimum Gasteiger partial charge on any atom is -0.493 e. The molecular formula is C24H33N3O5. The Balaban J connectivity index is 1.21. The van der Waals surface area contributed by atoms with E-state index in [9.17, 15) is 14.4 Å². The zero-order chi connectivity index (χ0) is 22.7. The summed E-state index contributed by atoms with van der Waals surface area (Å²) in [6, 6.07) is 4.80. The highest BCUT2D eigenvalue weighted by Gasteiger charge is 2.54. The number of amides is 3. The number of hydrazine groups is 1. The molecule has 4 aliphatic carbocycles. The van der Waals surface area contributed by atoms with Gasteiger partial charge in [-0.25, -0.2) is 0 Å². The molecule has 0 aliphatic heterocycles. The van der Waals surface area contributed by atoms with Crippen molar-refractivity contribution in [1.29, 1.82) is 0 Å². The maximum atomic E-state index is 12.9. The molecule has 5 rings (SSSR count). The molecule has 4 bridgehead atoms. The largest absolute Gasteiger partial charge is 0.493 e. The SMILES string of the molecule is CCOc1ccc(C(=O)NNC(=O)CCNC(=O)C23CC4CC(CC(C4)C2)C3)cc1OC. The van der Waals surface area contributed by atoms with Gasteiger partial charge in [-0.15, -0.1) is 0 Å². The fraction of sp³-hybridized carbons (Fsp3) is 0.625. The monoisotopic (exact) mass is 443 g/mol. The molecule has 8 nitrogen and oxygen atoms in total. The van der Waals surface area contributed by atoms with Gasteiger partial charge in [-0.1, -0.05) is 0 Å². The number of ether oxygens (including phenoxy) is 2. The van der Waals surface area contributed by atoms with Crippen molar-refractivity contribution in [3.63, 3.8) is 0 Å². The maximum absolute atomic E-state index is 12.9. The van der Waals surface area contributed by atoms with Crippen LogP contribution in [-0.4, -0.2) is 38.0 Å². The van der Waals surface area contributed by atoms with Crippen LogP contribution < -0.4 is 25.6 Å². The smallest absolute Gasteiger partial charge is 0.269 e. The summed E-state index contributed by atoms with van der Waals surface area (Å²) >= 11 is 0. The van der Waals surface area contributed by atoms with E-state index in [1.54, 1.807) is 18.2 Å². The van der Waals surface area contributed by atoms with Crippen molar-refractivity contribution in [1.82, 2.24) is 16.2 Å². The molecule has 32 heavy (non-hydrogen) atoms. The fourth-order valence-electron chi connectivity index (χ4n) is 6.21. The lowest BCUT2D eigenvalue weighted by Gasteiger charge is -2.55. The van der Waals surface area contributed by atoms with Gasteiger partial charge >= 0.3 is 0 Å². The highest BCUT2D eigenvalue weighted by Crippen LogP contribution is 2.60. The Hall–Kier alpha value is -2.77. The summed E-state index contributed by atoms with van der Waals surface area (Å²) in [5, 5.41) is 2.98. The van der Waals surface area contributed by atoms with Gasteiger partial charge in [0.15, 0.2) is 11.5 Å². The first-order chi connectivity index (χ1) is 15.4. The van der Waals surface area contributed by atoms with Crippen molar-refractivity contribution in [2.75, 3.05) is 20.3 Å². The number of hydrogen-bond acceptors (Lipinski definition) is 5. The maximum Gasteiger partial charge on any atom is 0.269 e. The molecule has 0 radical (unpaired) electrons. The standard InChI is InChI=1S/C24H33N3O5/c1-3-32-19-5-4-18(11-20(19)31-2)22(29)27-26-21(28)6-7-25-23(30)24-12-15-8-16(13-24)10-17(9-15)14-24/h4-5,11,15-17H,3,6-10,12-14H2,1-2H3,(H,25,30)(H,26,28)(H,27,29). The Labute approximate surface area is 188 Å². The van der Waals surface area contributed by atoms with Crippen LogP contribution in [0.5, 0.6) is 11.5 Å². The van der Waals surface area contributed by atoms with Gasteiger partial charge in [0.1, 0.15) is 0 Å². The van der Waals surface area contributed by atoms with Crippen LogP contribution in [0.4, 0.5) is 0 Å². The first-order valence-corrected chi connectivity index (χ1v) is 11.6. The van der Waals surface area contributed by atoms with E-state index in [1.807, 2.05) is 6.92 Å². The van der Waals surface area contributed by atoms with E-state index in [0.29, 0.717) is 41.4 Å². The van der Waals surface area contributed by atoms with Gasteiger partial charge in [-0.3, -0.25) is 25.2 Å². The van der Waals surface area contributed by atoms with Gasteiger partial charge in [0.2, 0.25) is 11.8 Å². The summed E-state index contributed by atoms with van der Waals surface area (Å²) < 4.78 is 10.7. The van der Waals surface area contributed by atoms with Crippen molar-refractivity contribution in [3.05, 3.63) is 23.8 Å². The van der Waals surface area contributed by atoms with Crippen LogP contribution >= 0.6 is 0 Å². The quantitative estimate of drug-likeness (QED) is 0.536. The van der Waals surface area contributed by atoms with E-state index in [1.165, 1.54) is 26.4 Å². The van der Waals surface area contributed by atoms with Crippen LogP contribution in [0, 0.1) is 23.2 Å². The average Bonchev–Trinajstić information content (AvgIpc) is 2.77. The zero-order valence-corrected chi connectivity index (χ0v) is 18.9. The van der Waals surface area contributed by atoms with Crippen molar-refractivity contribution < 1.29 is 23.9 Å². The Kier molecular flexibility index (Phi) is 6.58. The predicted octanol–water partition coefficient (Wildman–Crippen LogP) is 2.58. The normalized spacial score (nSPS) is 27.5. The summed E-state index contributed by atoms with van der Waals surface area (Å²) in [5.41, 5.74) is 4.92. The highest BCUT2D eigenvalue weighted by atomic mass is 16.5. The Morgan fingerprint density at radius 1 is 1.00 bits per heavy atom. The van der Waals surface area contributed by atoms with Gasteiger partial charge in [0.05, 0.1) is 13.7 Å². The van der Waals surface area contributed by atoms with Crippen molar-refractivity contribution in [3.8, 4) is 11.5 Å². The number of hydrogen-bond donors (Lipinski definition) is 3. The van der Waals surface area contributed by atoms with Crippen molar-refractivity contribution >= 4 is 17.7 Å². The van der Waals surface area contributed by atoms with Crippen LogP contribution in [-0.2, 0) is 9.59 Å². The molecule has 1 aromatic rings. The summed E-state index contributed by atoms with van der Waals surface area (Å²) in [6.07, 6.45) is 6.96. The lowest BCUT2D eigenvalue weighted by molar-refractivity contribution is -0.146. The number of nitrogens with one attached hydrogen (secondary N) is 3. The van der Waals surface area contributed by atoms with Crippen LogP contribution in [0.2, 0.25) is 0 Å². The molecule has 174 valence electrons. The zero-order valence-electron chi connectivity index (χ0n) is 18.9. The second kappa shape index (κ2) is 9.38. The third-order valence-electron chi connectivity index (χ3n) is 7.20. The van der Waals surface area contributed by atoms with E-state index < -0.39 is 5.91 Å². The van der Waals surface area contributed by atoms with Gasteiger partial charge in [-0.2, -0.15) is 0 Å². The Morgan fingerprint density at radius 2 is 1.66 bits per heavy atom. The molecule has 0 heterocycles. The summed E-state index contributed by atoms with van der Waals surface area (Å²) in [6.45, 7) is 2.61. The minimum atomic E-state index is -0.461. The van der Waals surface area contributed by atoms with Gasteiger partial charge in [0.25, 0.3) is 5.91 Å². The van der Waals surface area contributed by atoms with E-state index in [2.05, 4.69) is 16.2 Å². The molecule has 0 atom stereocenters. The first-order valence-electron chi connectivity index (χ1n) is 11.6. The lowest BCUT2D eigenvalue weighted by Crippen LogP contribution is -2.54. The summed E-state index contributed by atoms with van der Waals surface area (Å²) in [5.74, 6) is 2.38. The van der Waals surface area contributed by atoms with Crippen LogP contribution in [0.15, 0.2) is 18.2 Å². The molecule has 0 spiro atoms. The molecule has 4 aliphatic rings. The highest BCUT2D eigenvalue weighted by molar-refractivity contribution is 5.96. The number of methoxy groups -OCH3 is 1. The van der Waals surface area contributed by atoms with E-state index in [-0.39, 0.29) is 30.2 Å². The molecule has 0 saturated heterocycles. The molecule has 3 amide bonds. The molecule has 1 aromatic carbocycles. The van der Waals surface area contributed by atoms with Crippen molar-refractivity contribution in [2.24, 2.45) is 23.2 Å². The number of benzene rings is 1. The first kappa shape index (κ1) is 22.4. The molecule has 8 heteroatoms.